The van der Waals surface area contributed by atoms with E-state index in [1.165, 1.54) is 4.90 Å². The van der Waals surface area contributed by atoms with Crippen molar-refractivity contribution in [2.24, 2.45) is 0 Å². The Morgan fingerprint density at radius 1 is 1.07 bits per heavy atom. The number of ether oxygens (including phenoxy) is 1. The van der Waals surface area contributed by atoms with Gasteiger partial charge in [-0.05, 0) is 68.1 Å². The van der Waals surface area contributed by atoms with Crippen LogP contribution < -0.4 is 5.32 Å². The molecule has 0 fully saturated rings. The summed E-state index contributed by atoms with van der Waals surface area (Å²) in [7, 11) is 1.58. The minimum Gasteiger partial charge on any atom is -0.383 e. The summed E-state index contributed by atoms with van der Waals surface area (Å²) in [6.45, 7) is 8.63. The number of methoxy groups -OCH3 is 1. The normalized spacial score (nSPS) is 11.0. The highest BCUT2D eigenvalue weighted by Crippen LogP contribution is 2.22. The third-order valence-electron chi connectivity index (χ3n) is 5.39. The maximum atomic E-state index is 13.2. The van der Waals surface area contributed by atoms with Crippen molar-refractivity contribution in [3.05, 3.63) is 64.3 Å². The van der Waals surface area contributed by atoms with Crippen LogP contribution in [-0.2, 0) is 9.53 Å². The molecule has 0 spiro atoms. The fourth-order valence-corrected chi connectivity index (χ4v) is 3.59. The molecule has 1 aromatic heterocycles. The highest BCUT2D eigenvalue weighted by molar-refractivity contribution is 6.02. The number of rotatable bonds is 7. The van der Waals surface area contributed by atoms with Crippen molar-refractivity contribution in [3.8, 4) is 0 Å². The molecule has 2 amide bonds. The van der Waals surface area contributed by atoms with Crippen LogP contribution in [0.3, 0.4) is 0 Å². The lowest BCUT2D eigenvalue weighted by atomic mass is 10.1. The summed E-state index contributed by atoms with van der Waals surface area (Å²) in [5, 5.41) is 3.93. The smallest absolute Gasteiger partial charge is 0.270 e. The number of hydrogen-bond donors (Lipinski definition) is 2. The lowest BCUT2D eigenvalue weighted by Gasteiger charge is -2.21. The molecule has 3 rings (SSSR count). The van der Waals surface area contributed by atoms with Gasteiger partial charge in [0.1, 0.15) is 12.2 Å². The second-order valence-electron chi connectivity index (χ2n) is 7.74. The van der Waals surface area contributed by atoms with E-state index in [4.69, 9.17) is 4.74 Å². The maximum Gasteiger partial charge on any atom is 0.270 e. The van der Waals surface area contributed by atoms with Gasteiger partial charge >= 0.3 is 0 Å². The van der Waals surface area contributed by atoms with Gasteiger partial charge in [0.25, 0.3) is 5.91 Å². The molecule has 3 aromatic rings. The van der Waals surface area contributed by atoms with Gasteiger partial charge < -0.3 is 19.9 Å². The van der Waals surface area contributed by atoms with Crippen LogP contribution in [0.1, 0.15) is 32.7 Å². The van der Waals surface area contributed by atoms with Gasteiger partial charge in [0.15, 0.2) is 0 Å². The minimum absolute atomic E-state index is 0.0526. The first kappa shape index (κ1) is 21.6. The molecule has 0 unspecified atom stereocenters. The first-order valence-electron chi connectivity index (χ1n) is 10.0. The Morgan fingerprint density at radius 2 is 1.83 bits per heavy atom. The van der Waals surface area contributed by atoms with E-state index in [1.54, 1.807) is 7.11 Å². The molecular formula is C24H29N3O3. The van der Waals surface area contributed by atoms with E-state index < -0.39 is 0 Å². The van der Waals surface area contributed by atoms with Gasteiger partial charge in [-0.25, -0.2) is 0 Å². The summed E-state index contributed by atoms with van der Waals surface area (Å²) < 4.78 is 5.15. The van der Waals surface area contributed by atoms with Gasteiger partial charge in [-0.15, -0.1) is 0 Å². The minimum atomic E-state index is -0.240. The van der Waals surface area contributed by atoms with Crippen molar-refractivity contribution in [1.29, 1.82) is 0 Å². The number of fused-ring (bicyclic) bond motifs is 1. The molecule has 0 saturated carbocycles. The zero-order chi connectivity index (χ0) is 21.8. The summed E-state index contributed by atoms with van der Waals surface area (Å²) >= 11 is 0. The molecule has 6 nitrogen and oxygen atoms in total. The van der Waals surface area contributed by atoms with Crippen LogP contribution in [0.2, 0.25) is 0 Å². The third kappa shape index (κ3) is 4.71. The fraction of sp³-hybridized carbons (Fsp3) is 0.333. The van der Waals surface area contributed by atoms with Crippen LogP contribution in [0.4, 0.5) is 5.69 Å². The Kier molecular flexibility index (Phi) is 6.57. The summed E-state index contributed by atoms with van der Waals surface area (Å²) in [5.41, 5.74) is 6.50. The van der Waals surface area contributed by atoms with Crippen LogP contribution in [-0.4, -0.2) is 48.5 Å². The van der Waals surface area contributed by atoms with E-state index in [9.17, 15) is 9.59 Å². The number of aryl methyl sites for hydroxylation is 3. The highest BCUT2D eigenvalue weighted by Gasteiger charge is 2.21. The van der Waals surface area contributed by atoms with Gasteiger partial charge in [0.2, 0.25) is 5.91 Å². The van der Waals surface area contributed by atoms with E-state index in [-0.39, 0.29) is 18.4 Å². The Labute approximate surface area is 177 Å². The SMILES string of the molecule is COCCN(CC(=O)Nc1cccc(C)c1C)C(=O)c1cc2c(C)cc(C)cc2[nH]1. The third-order valence-corrected chi connectivity index (χ3v) is 5.39. The molecule has 2 N–H and O–H groups in total. The number of anilines is 1. The van der Waals surface area contributed by atoms with E-state index in [0.717, 1.165) is 38.8 Å². The lowest BCUT2D eigenvalue weighted by molar-refractivity contribution is -0.117. The number of hydrogen-bond acceptors (Lipinski definition) is 3. The van der Waals surface area contributed by atoms with Crippen LogP contribution in [0.25, 0.3) is 10.9 Å². The monoisotopic (exact) mass is 407 g/mol. The molecule has 2 aromatic carbocycles. The Hall–Kier alpha value is -3.12. The van der Waals surface area contributed by atoms with Crippen LogP contribution in [0.15, 0.2) is 36.4 Å². The van der Waals surface area contributed by atoms with Crippen molar-refractivity contribution in [2.45, 2.75) is 27.7 Å². The van der Waals surface area contributed by atoms with Crippen molar-refractivity contribution in [3.63, 3.8) is 0 Å². The molecular weight excluding hydrogens is 378 g/mol. The molecule has 0 aliphatic heterocycles. The summed E-state index contributed by atoms with van der Waals surface area (Å²) in [6, 6.07) is 11.7. The average Bonchev–Trinajstić information content (AvgIpc) is 3.12. The van der Waals surface area contributed by atoms with E-state index in [2.05, 4.69) is 16.4 Å². The number of amides is 2. The summed E-state index contributed by atoms with van der Waals surface area (Å²) in [4.78, 5) is 30.6. The quantitative estimate of drug-likeness (QED) is 0.618. The lowest BCUT2D eigenvalue weighted by Crippen LogP contribution is -2.40. The summed E-state index contributed by atoms with van der Waals surface area (Å²) in [5.74, 6) is -0.465. The molecule has 30 heavy (non-hydrogen) atoms. The fourth-order valence-electron chi connectivity index (χ4n) is 3.59. The molecule has 0 aliphatic carbocycles. The van der Waals surface area contributed by atoms with Gasteiger partial charge in [-0.1, -0.05) is 18.2 Å². The Bertz CT molecular complexity index is 1080. The first-order chi connectivity index (χ1) is 14.3. The zero-order valence-corrected chi connectivity index (χ0v) is 18.3. The van der Waals surface area contributed by atoms with Crippen molar-refractivity contribution >= 4 is 28.4 Å². The second-order valence-corrected chi connectivity index (χ2v) is 7.74. The van der Waals surface area contributed by atoms with Crippen molar-refractivity contribution in [2.75, 3.05) is 32.1 Å². The number of aromatic nitrogens is 1. The molecule has 0 saturated heterocycles. The average molecular weight is 408 g/mol. The van der Waals surface area contributed by atoms with Crippen LogP contribution >= 0.6 is 0 Å². The van der Waals surface area contributed by atoms with Gasteiger partial charge in [0, 0.05) is 30.2 Å². The number of benzene rings is 2. The molecule has 1 heterocycles. The molecule has 0 aliphatic rings. The number of carbonyl (C=O) groups is 2. The molecule has 6 heteroatoms. The van der Waals surface area contributed by atoms with Crippen LogP contribution in [0, 0.1) is 27.7 Å². The van der Waals surface area contributed by atoms with Gasteiger partial charge in [0.05, 0.1) is 6.61 Å². The van der Waals surface area contributed by atoms with Crippen molar-refractivity contribution < 1.29 is 14.3 Å². The Balaban J connectivity index is 1.81. The topological polar surface area (TPSA) is 74.4 Å². The van der Waals surface area contributed by atoms with Gasteiger partial charge in [-0.2, -0.15) is 0 Å². The number of H-pyrrole nitrogens is 1. The second kappa shape index (κ2) is 9.13. The predicted molar refractivity (Wildman–Crippen MR) is 120 cm³/mol. The van der Waals surface area contributed by atoms with E-state index in [1.807, 2.05) is 58.0 Å². The molecule has 0 atom stereocenters. The zero-order valence-electron chi connectivity index (χ0n) is 18.3. The molecule has 0 bridgehead atoms. The first-order valence-corrected chi connectivity index (χ1v) is 10.0. The molecule has 158 valence electrons. The Morgan fingerprint density at radius 3 is 2.57 bits per heavy atom. The van der Waals surface area contributed by atoms with E-state index in [0.29, 0.717) is 18.8 Å². The number of aromatic amines is 1. The highest BCUT2D eigenvalue weighted by atomic mass is 16.5. The molecule has 0 radical (unpaired) electrons. The largest absolute Gasteiger partial charge is 0.383 e. The summed E-state index contributed by atoms with van der Waals surface area (Å²) in [6.07, 6.45) is 0. The van der Waals surface area contributed by atoms with Gasteiger partial charge in [-0.3, -0.25) is 9.59 Å². The number of nitrogens with one attached hydrogen (secondary N) is 2. The maximum absolute atomic E-state index is 13.2. The van der Waals surface area contributed by atoms with E-state index >= 15 is 0 Å². The number of nitrogens with zero attached hydrogens (tertiary/aromatic N) is 1. The predicted octanol–water partition coefficient (Wildman–Crippen LogP) is 4.13. The van der Waals surface area contributed by atoms with Crippen LogP contribution in [0.5, 0.6) is 0 Å². The number of carbonyl (C=O) groups excluding carboxylic acids is 2. The standard InChI is InChI=1S/C24H29N3O3/c1-15-11-17(3)19-13-22(25-21(19)12-15)24(29)27(9-10-30-5)14-23(28)26-20-8-6-7-16(2)18(20)4/h6-8,11-13,25H,9-10,14H2,1-5H3,(H,26,28). The van der Waals surface area contributed by atoms with Crippen molar-refractivity contribution in [1.82, 2.24) is 9.88 Å².